The van der Waals surface area contributed by atoms with Gasteiger partial charge in [-0.25, -0.2) is 0 Å². The standard InChI is InChI=1S/C19H37Br/c20-18-14-9-7-5-3-1-2-4-6-8-11-15-19-16-12-10-13-17-19/h19H,1-18H2. The van der Waals surface area contributed by atoms with Gasteiger partial charge in [-0.05, 0) is 12.3 Å². The first kappa shape index (κ1) is 18.5. The van der Waals surface area contributed by atoms with Crippen LogP contribution in [0.5, 0.6) is 0 Å². The number of unbranched alkanes of at least 4 members (excludes halogenated alkanes) is 10. The highest BCUT2D eigenvalue weighted by molar-refractivity contribution is 9.09. The average Bonchev–Trinajstić information content (AvgIpc) is 2.49. The van der Waals surface area contributed by atoms with E-state index in [1.54, 1.807) is 0 Å². The third-order valence-corrected chi connectivity index (χ3v) is 5.53. The van der Waals surface area contributed by atoms with Crippen LogP contribution < -0.4 is 0 Å². The Bertz CT molecular complexity index is 184. The molecular formula is C19H37Br. The van der Waals surface area contributed by atoms with E-state index in [1.165, 1.54) is 114 Å². The average molecular weight is 345 g/mol. The maximum atomic E-state index is 3.50. The molecule has 120 valence electrons. The van der Waals surface area contributed by atoms with Gasteiger partial charge in [0.05, 0.1) is 0 Å². The van der Waals surface area contributed by atoms with Crippen molar-refractivity contribution >= 4 is 15.9 Å². The summed E-state index contributed by atoms with van der Waals surface area (Å²) < 4.78 is 0. The molecule has 0 amide bonds. The zero-order valence-electron chi connectivity index (χ0n) is 13.7. The van der Waals surface area contributed by atoms with Gasteiger partial charge in [0.2, 0.25) is 0 Å². The number of alkyl halides is 1. The molecule has 0 nitrogen and oxygen atoms in total. The molecule has 0 saturated heterocycles. The van der Waals surface area contributed by atoms with Crippen molar-refractivity contribution in [2.75, 3.05) is 5.33 Å². The van der Waals surface area contributed by atoms with Gasteiger partial charge in [0.1, 0.15) is 0 Å². The molecule has 0 radical (unpaired) electrons. The van der Waals surface area contributed by atoms with E-state index in [0.29, 0.717) is 0 Å². The molecule has 1 rings (SSSR count). The summed E-state index contributed by atoms with van der Waals surface area (Å²) in [6.45, 7) is 0. The minimum absolute atomic E-state index is 1.10. The van der Waals surface area contributed by atoms with E-state index in [-0.39, 0.29) is 0 Å². The minimum atomic E-state index is 1.10. The van der Waals surface area contributed by atoms with Crippen molar-refractivity contribution in [2.45, 2.75) is 109 Å². The molecule has 0 aromatic rings. The number of halogens is 1. The maximum Gasteiger partial charge on any atom is 0.00313 e. The van der Waals surface area contributed by atoms with Crippen molar-refractivity contribution in [3.8, 4) is 0 Å². The molecule has 1 aliphatic rings. The van der Waals surface area contributed by atoms with Crippen LogP contribution in [0.4, 0.5) is 0 Å². The van der Waals surface area contributed by atoms with E-state index in [0.717, 1.165) is 5.92 Å². The quantitative estimate of drug-likeness (QED) is 0.238. The lowest BCUT2D eigenvalue weighted by Crippen LogP contribution is -2.05. The molecule has 0 spiro atoms. The largest absolute Gasteiger partial charge is 0.0928 e. The van der Waals surface area contributed by atoms with Crippen LogP contribution in [0.25, 0.3) is 0 Å². The summed E-state index contributed by atoms with van der Waals surface area (Å²) in [6, 6.07) is 0. The molecular weight excluding hydrogens is 308 g/mol. The third kappa shape index (κ3) is 11.2. The fraction of sp³-hybridized carbons (Fsp3) is 1.00. The molecule has 20 heavy (non-hydrogen) atoms. The van der Waals surface area contributed by atoms with Crippen molar-refractivity contribution < 1.29 is 0 Å². The van der Waals surface area contributed by atoms with Gasteiger partial charge in [-0.3, -0.25) is 0 Å². The summed E-state index contributed by atoms with van der Waals surface area (Å²) in [6.07, 6.45) is 25.3. The molecule has 1 heteroatoms. The van der Waals surface area contributed by atoms with E-state index in [9.17, 15) is 0 Å². The van der Waals surface area contributed by atoms with Gasteiger partial charge < -0.3 is 0 Å². The van der Waals surface area contributed by atoms with Gasteiger partial charge in [0.15, 0.2) is 0 Å². The zero-order valence-corrected chi connectivity index (χ0v) is 15.3. The summed E-state index contributed by atoms with van der Waals surface area (Å²) in [5, 5.41) is 1.19. The Hall–Kier alpha value is 0.480. The molecule has 0 heterocycles. The molecule has 1 aliphatic carbocycles. The fourth-order valence-electron chi connectivity index (χ4n) is 3.59. The highest BCUT2D eigenvalue weighted by atomic mass is 79.9. The Balaban J connectivity index is 1.70. The maximum absolute atomic E-state index is 3.50. The highest BCUT2D eigenvalue weighted by Crippen LogP contribution is 2.28. The van der Waals surface area contributed by atoms with Gasteiger partial charge in [-0.15, -0.1) is 0 Å². The van der Waals surface area contributed by atoms with Crippen molar-refractivity contribution in [3.05, 3.63) is 0 Å². The van der Waals surface area contributed by atoms with E-state index >= 15 is 0 Å². The normalized spacial score (nSPS) is 16.6. The predicted molar refractivity (Wildman–Crippen MR) is 95.8 cm³/mol. The number of hydrogen-bond donors (Lipinski definition) is 0. The van der Waals surface area contributed by atoms with Crippen LogP contribution in [0.3, 0.4) is 0 Å². The summed E-state index contributed by atoms with van der Waals surface area (Å²) in [5.41, 5.74) is 0. The number of rotatable bonds is 13. The van der Waals surface area contributed by atoms with Gasteiger partial charge in [0, 0.05) is 5.33 Å². The lowest BCUT2D eigenvalue weighted by atomic mass is 9.85. The molecule has 0 aromatic heterocycles. The van der Waals surface area contributed by atoms with Crippen LogP contribution in [0.1, 0.15) is 109 Å². The molecule has 0 aromatic carbocycles. The molecule has 0 unspecified atom stereocenters. The van der Waals surface area contributed by atoms with Gasteiger partial charge in [-0.1, -0.05) is 119 Å². The Kier molecular flexibility index (Phi) is 13.4. The van der Waals surface area contributed by atoms with Crippen LogP contribution in [0.15, 0.2) is 0 Å². The SMILES string of the molecule is BrCCCCCCCCCCCCCC1CCCCC1. The lowest BCUT2D eigenvalue weighted by molar-refractivity contribution is 0.328. The summed E-state index contributed by atoms with van der Waals surface area (Å²) >= 11 is 3.50. The number of hydrogen-bond acceptors (Lipinski definition) is 0. The molecule has 0 N–H and O–H groups in total. The smallest absolute Gasteiger partial charge is 0.00313 e. The summed E-state index contributed by atoms with van der Waals surface area (Å²) in [4.78, 5) is 0. The topological polar surface area (TPSA) is 0 Å². The highest BCUT2D eigenvalue weighted by Gasteiger charge is 2.12. The van der Waals surface area contributed by atoms with Crippen molar-refractivity contribution in [2.24, 2.45) is 5.92 Å². The Labute approximate surface area is 136 Å². The minimum Gasteiger partial charge on any atom is -0.0928 e. The zero-order chi connectivity index (χ0) is 14.3. The lowest BCUT2D eigenvalue weighted by Gasteiger charge is -2.21. The third-order valence-electron chi connectivity index (χ3n) is 4.97. The van der Waals surface area contributed by atoms with E-state index in [2.05, 4.69) is 15.9 Å². The van der Waals surface area contributed by atoms with Gasteiger partial charge >= 0.3 is 0 Å². The van der Waals surface area contributed by atoms with E-state index in [4.69, 9.17) is 0 Å². The van der Waals surface area contributed by atoms with Crippen LogP contribution in [-0.2, 0) is 0 Å². The second kappa shape index (κ2) is 14.4. The fourth-order valence-corrected chi connectivity index (χ4v) is 3.99. The molecule has 0 aliphatic heterocycles. The van der Waals surface area contributed by atoms with Crippen LogP contribution >= 0.6 is 15.9 Å². The van der Waals surface area contributed by atoms with E-state index in [1.807, 2.05) is 0 Å². The molecule has 1 fully saturated rings. The Morgan fingerprint density at radius 1 is 0.550 bits per heavy atom. The van der Waals surface area contributed by atoms with Crippen molar-refractivity contribution in [1.29, 1.82) is 0 Å². The molecule has 0 atom stereocenters. The van der Waals surface area contributed by atoms with Crippen LogP contribution in [0.2, 0.25) is 0 Å². The molecule has 1 saturated carbocycles. The second-order valence-electron chi connectivity index (χ2n) is 6.87. The first-order valence-corrected chi connectivity index (χ1v) is 10.6. The van der Waals surface area contributed by atoms with E-state index < -0.39 is 0 Å². The first-order valence-electron chi connectivity index (χ1n) is 9.49. The molecule has 0 bridgehead atoms. The van der Waals surface area contributed by atoms with Gasteiger partial charge in [0.25, 0.3) is 0 Å². The summed E-state index contributed by atoms with van der Waals surface area (Å²) in [7, 11) is 0. The summed E-state index contributed by atoms with van der Waals surface area (Å²) in [5.74, 6) is 1.10. The van der Waals surface area contributed by atoms with Crippen LogP contribution in [-0.4, -0.2) is 5.33 Å². The van der Waals surface area contributed by atoms with Crippen LogP contribution in [0, 0.1) is 5.92 Å². The Morgan fingerprint density at radius 3 is 1.50 bits per heavy atom. The van der Waals surface area contributed by atoms with Crippen molar-refractivity contribution in [3.63, 3.8) is 0 Å². The second-order valence-corrected chi connectivity index (χ2v) is 7.66. The first-order chi connectivity index (χ1) is 9.93. The predicted octanol–water partition coefficient (Wildman–Crippen LogP) is 7.64. The monoisotopic (exact) mass is 344 g/mol. The van der Waals surface area contributed by atoms with Crippen molar-refractivity contribution in [1.82, 2.24) is 0 Å². The van der Waals surface area contributed by atoms with Gasteiger partial charge in [-0.2, -0.15) is 0 Å². The Morgan fingerprint density at radius 2 is 1.00 bits per heavy atom.